The molecule has 0 radical (unpaired) electrons. The molecule has 3 rings (SSSR count). The van der Waals surface area contributed by atoms with Crippen LogP contribution in [0.4, 0.5) is 0 Å². The van der Waals surface area contributed by atoms with Crippen molar-refractivity contribution in [3.8, 4) is 0 Å². The van der Waals surface area contributed by atoms with Gasteiger partial charge in [0.1, 0.15) is 5.76 Å². The van der Waals surface area contributed by atoms with Gasteiger partial charge in [-0.25, -0.2) is 0 Å². The molecule has 2 N–H and O–H groups in total. The second-order valence-electron chi connectivity index (χ2n) is 6.60. The highest BCUT2D eigenvalue weighted by molar-refractivity contribution is 6.46. The largest absolute Gasteiger partial charge is 0.507 e. The standard InChI is InChI=1S/C20H21N3O3/c1-22(2)12-13-23-17(14-8-10-21-11-9-14)16(19(25)20(23)26)18(24)15-6-4-3-5-7-15/h3-11,17,24H,12-13H2,1-2H3/p+1/b18-16+/t17-/m0/s1. The summed E-state index contributed by atoms with van der Waals surface area (Å²) in [4.78, 5) is 32.1. The highest BCUT2D eigenvalue weighted by Gasteiger charge is 2.46. The number of benzene rings is 1. The van der Waals surface area contributed by atoms with E-state index in [0.717, 1.165) is 5.56 Å². The molecule has 0 unspecified atom stereocenters. The van der Waals surface area contributed by atoms with E-state index in [4.69, 9.17) is 0 Å². The Hall–Kier alpha value is -2.99. The topological polar surface area (TPSA) is 74.9 Å². The molecule has 26 heavy (non-hydrogen) atoms. The Labute approximate surface area is 152 Å². The highest BCUT2D eigenvalue weighted by atomic mass is 16.3. The van der Waals surface area contributed by atoms with Gasteiger partial charge in [0.15, 0.2) is 0 Å². The quantitative estimate of drug-likeness (QED) is 0.471. The maximum Gasteiger partial charge on any atom is 0.295 e. The zero-order valence-electron chi connectivity index (χ0n) is 14.8. The van der Waals surface area contributed by atoms with Crippen LogP contribution in [0.5, 0.6) is 0 Å². The number of pyridine rings is 1. The van der Waals surface area contributed by atoms with Crippen LogP contribution in [0.3, 0.4) is 0 Å². The van der Waals surface area contributed by atoms with E-state index in [2.05, 4.69) is 4.98 Å². The van der Waals surface area contributed by atoms with Gasteiger partial charge in [-0.15, -0.1) is 0 Å². The van der Waals surface area contributed by atoms with Gasteiger partial charge in [-0.3, -0.25) is 14.6 Å². The first-order valence-corrected chi connectivity index (χ1v) is 8.53. The lowest BCUT2D eigenvalue weighted by atomic mass is 9.96. The third kappa shape index (κ3) is 3.36. The van der Waals surface area contributed by atoms with Gasteiger partial charge in [-0.1, -0.05) is 30.3 Å². The monoisotopic (exact) mass is 352 g/mol. The normalized spacial score (nSPS) is 19.3. The summed E-state index contributed by atoms with van der Waals surface area (Å²) in [6.07, 6.45) is 3.24. The average molecular weight is 352 g/mol. The maximum atomic E-state index is 12.7. The Balaban J connectivity index is 2.12. The minimum atomic E-state index is -0.651. The summed E-state index contributed by atoms with van der Waals surface area (Å²) >= 11 is 0. The van der Waals surface area contributed by atoms with Gasteiger partial charge in [-0.2, -0.15) is 0 Å². The Bertz CT molecular complexity index is 832. The van der Waals surface area contributed by atoms with Crippen molar-refractivity contribution in [3.63, 3.8) is 0 Å². The van der Waals surface area contributed by atoms with Crippen molar-refractivity contribution < 1.29 is 19.6 Å². The predicted molar refractivity (Wildman–Crippen MR) is 97.4 cm³/mol. The fourth-order valence-electron chi connectivity index (χ4n) is 3.10. The molecular formula is C20H22N3O3+. The van der Waals surface area contributed by atoms with Gasteiger partial charge in [0.05, 0.1) is 38.8 Å². The number of quaternary nitrogens is 1. The molecule has 1 amide bonds. The lowest BCUT2D eigenvalue weighted by Crippen LogP contribution is -3.06. The molecule has 6 nitrogen and oxygen atoms in total. The summed E-state index contributed by atoms with van der Waals surface area (Å²) in [5.74, 6) is -1.38. The molecule has 2 aromatic rings. The number of likely N-dealkylation sites (N-methyl/N-ethyl adjacent to an activating group) is 1. The molecule has 1 aromatic heterocycles. The second-order valence-corrected chi connectivity index (χ2v) is 6.60. The molecule has 0 bridgehead atoms. The van der Waals surface area contributed by atoms with E-state index in [-0.39, 0.29) is 11.3 Å². The van der Waals surface area contributed by atoms with E-state index >= 15 is 0 Å². The Kier molecular flexibility index (Phi) is 5.14. The number of Topliss-reactive ketones (excluding diaryl/α,β-unsaturated/α-hetero) is 1. The first-order valence-electron chi connectivity index (χ1n) is 8.53. The molecule has 1 saturated heterocycles. The van der Waals surface area contributed by atoms with Gasteiger partial charge < -0.3 is 14.9 Å². The SMILES string of the molecule is C[NH+](C)CCN1C(=O)C(=O)/C(=C(/O)c2ccccc2)[C@@H]1c1ccncc1. The van der Waals surface area contributed by atoms with Crippen molar-refractivity contribution in [2.75, 3.05) is 27.2 Å². The molecule has 2 heterocycles. The van der Waals surface area contributed by atoms with Crippen LogP contribution in [0, 0.1) is 0 Å². The third-order valence-electron chi connectivity index (χ3n) is 4.46. The van der Waals surface area contributed by atoms with Gasteiger partial charge in [0, 0.05) is 18.0 Å². The number of nitrogens with one attached hydrogen (secondary N) is 1. The van der Waals surface area contributed by atoms with E-state index < -0.39 is 17.7 Å². The van der Waals surface area contributed by atoms with E-state index in [1.807, 2.05) is 20.2 Å². The number of hydrogen-bond acceptors (Lipinski definition) is 4. The van der Waals surface area contributed by atoms with E-state index in [1.54, 1.807) is 53.7 Å². The van der Waals surface area contributed by atoms with Crippen LogP contribution in [-0.4, -0.2) is 53.9 Å². The number of aromatic nitrogens is 1. The van der Waals surface area contributed by atoms with Crippen molar-refractivity contribution in [2.45, 2.75) is 6.04 Å². The number of amides is 1. The number of nitrogens with zero attached hydrogens (tertiary/aromatic N) is 2. The van der Waals surface area contributed by atoms with E-state index in [9.17, 15) is 14.7 Å². The number of likely N-dealkylation sites (tertiary alicyclic amines) is 1. The molecule has 0 saturated carbocycles. The summed E-state index contributed by atoms with van der Waals surface area (Å²) in [7, 11) is 3.98. The van der Waals surface area contributed by atoms with Crippen LogP contribution >= 0.6 is 0 Å². The molecule has 1 aliphatic heterocycles. The number of carbonyl (C=O) groups excluding carboxylic acids is 2. The number of ketones is 1. The Morgan fingerprint density at radius 3 is 2.38 bits per heavy atom. The van der Waals surface area contributed by atoms with Crippen molar-refractivity contribution in [3.05, 3.63) is 71.6 Å². The molecular weight excluding hydrogens is 330 g/mol. The Morgan fingerprint density at radius 1 is 1.12 bits per heavy atom. The molecule has 1 atom stereocenters. The fourth-order valence-corrected chi connectivity index (χ4v) is 3.10. The minimum absolute atomic E-state index is 0.126. The van der Waals surface area contributed by atoms with E-state index in [0.29, 0.717) is 18.7 Å². The summed E-state index contributed by atoms with van der Waals surface area (Å²) in [6, 6.07) is 11.7. The van der Waals surface area contributed by atoms with Crippen molar-refractivity contribution >= 4 is 17.4 Å². The van der Waals surface area contributed by atoms with Crippen LogP contribution < -0.4 is 4.90 Å². The number of aliphatic hydroxyl groups excluding tert-OH is 1. The summed E-state index contributed by atoms with van der Waals surface area (Å²) < 4.78 is 0. The van der Waals surface area contributed by atoms with Crippen LogP contribution in [-0.2, 0) is 9.59 Å². The smallest absolute Gasteiger partial charge is 0.295 e. The third-order valence-corrected chi connectivity index (χ3v) is 4.46. The summed E-state index contributed by atoms with van der Waals surface area (Å²) in [5, 5.41) is 10.8. The second kappa shape index (κ2) is 7.49. The molecule has 1 aromatic carbocycles. The van der Waals surface area contributed by atoms with Gasteiger partial charge in [-0.05, 0) is 17.7 Å². The number of rotatable bonds is 5. The average Bonchev–Trinajstić information content (AvgIpc) is 2.91. The van der Waals surface area contributed by atoms with E-state index in [1.165, 1.54) is 4.90 Å². The van der Waals surface area contributed by atoms with Crippen LogP contribution in [0.1, 0.15) is 17.2 Å². The first kappa shape index (κ1) is 17.8. The number of carbonyl (C=O) groups is 2. The van der Waals surface area contributed by atoms with Gasteiger partial charge in [0.2, 0.25) is 0 Å². The first-order chi connectivity index (χ1) is 12.5. The van der Waals surface area contributed by atoms with Gasteiger partial charge >= 0.3 is 0 Å². The van der Waals surface area contributed by atoms with Gasteiger partial charge in [0.25, 0.3) is 11.7 Å². The molecule has 0 spiro atoms. The van der Waals surface area contributed by atoms with Crippen molar-refractivity contribution in [2.24, 2.45) is 0 Å². The Morgan fingerprint density at radius 2 is 1.77 bits per heavy atom. The molecule has 1 fully saturated rings. The number of aliphatic hydroxyl groups is 1. The van der Waals surface area contributed by atoms with Crippen LogP contribution in [0.15, 0.2) is 60.4 Å². The minimum Gasteiger partial charge on any atom is -0.507 e. The highest BCUT2D eigenvalue weighted by Crippen LogP contribution is 2.38. The predicted octanol–water partition coefficient (Wildman–Crippen LogP) is 0.648. The maximum absolute atomic E-state index is 12.7. The lowest BCUT2D eigenvalue weighted by Gasteiger charge is -2.25. The molecule has 6 heteroatoms. The number of hydrogen-bond donors (Lipinski definition) is 2. The van der Waals surface area contributed by atoms with Crippen LogP contribution in [0.2, 0.25) is 0 Å². The zero-order chi connectivity index (χ0) is 18.7. The summed E-state index contributed by atoms with van der Waals surface area (Å²) in [5.41, 5.74) is 1.40. The molecule has 1 aliphatic rings. The molecule has 134 valence electrons. The van der Waals surface area contributed by atoms with Crippen molar-refractivity contribution in [1.29, 1.82) is 0 Å². The van der Waals surface area contributed by atoms with Crippen LogP contribution in [0.25, 0.3) is 5.76 Å². The lowest BCUT2D eigenvalue weighted by molar-refractivity contribution is -0.857. The van der Waals surface area contributed by atoms with Crippen molar-refractivity contribution in [1.82, 2.24) is 9.88 Å². The summed E-state index contributed by atoms with van der Waals surface area (Å²) in [6.45, 7) is 1.12. The molecule has 0 aliphatic carbocycles. The fraction of sp³-hybridized carbons (Fsp3) is 0.250. The zero-order valence-corrected chi connectivity index (χ0v) is 14.8.